The van der Waals surface area contributed by atoms with Crippen LogP contribution in [0.5, 0.6) is 0 Å². The molecular formula is C11H22. The van der Waals surface area contributed by atoms with Crippen molar-refractivity contribution in [1.82, 2.24) is 0 Å². The van der Waals surface area contributed by atoms with Crippen LogP contribution >= 0.6 is 0 Å². The quantitative estimate of drug-likeness (QED) is 0.421. The van der Waals surface area contributed by atoms with Crippen LogP contribution in [0.3, 0.4) is 0 Å². The number of hydrogen-bond acceptors (Lipinski definition) is 0. The summed E-state index contributed by atoms with van der Waals surface area (Å²) in [6, 6.07) is 0. The van der Waals surface area contributed by atoms with Crippen molar-refractivity contribution in [3.63, 3.8) is 0 Å². The number of rotatable bonds is 4. The zero-order chi connectivity index (χ0) is 8.53. The second-order valence-electron chi connectivity index (χ2n) is 2.91. The second-order valence-corrected chi connectivity index (χ2v) is 2.91. The molecular weight excluding hydrogens is 132 g/mol. The van der Waals surface area contributed by atoms with Crippen molar-refractivity contribution in [2.75, 3.05) is 0 Å². The summed E-state index contributed by atoms with van der Waals surface area (Å²) >= 11 is 0. The third-order valence-electron chi connectivity index (χ3n) is 1.75. The van der Waals surface area contributed by atoms with E-state index < -0.39 is 0 Å². The predicted octanol–water partition coefficient (Wildman–Crippen LogP) is 4.17. The third kappa shape index (κ3) is 7.64. The monoisotopic (exact) mass is 154 g/mol. The molecule has 66 valence electrons. The van der Waals surface area contributed by atoms with Gasteiger partial charge in [0.25, 0.3) is 0 Å². The van der Waals surface area contributed by atoms with Crippen molar-refractivity contribution in [3.05, 3.63) is 12.2 Å². The van der Waals surface area contributed by atoms with E-state index >= 15 is 0 Å². The van der Waals surface area contributed by atoms with E-state index in [2.05, 4.69) is 19.1 Å². The summed E-state index contributed by atoms with van der Waals surface area (Å²) in [5.74, 6) is 0.974. The second kappa shape index (κ2) is 7.84. The summed E-state index contributed by atoms with van der Waals surface area (Å²) in [5, 5.41) is 0. The smallest absolute Gasteiger partial charge is 0.0233 e. The van der Waals surface area contributed by atoms with Crippen LogP contribution in [-0.2, 0) is 0 Å². The molecule has 0 atom stereocenters. The Kier molecular flexibility index (Phi) is 7.66. The molecule has 0 bridgehead atoms. The average Bonchev–Trinajstić information content (AvgIpc) is 2.86. The molecule has 0 aromatic heterocycles. The van der Waals surface area contributed by atoms with Gasteiger partial charge in [-0.25, -0.2) is 0 Å². The van der Waals surface area contributed by atoms with Gasteiger partial charge in [-0.15, -0.1) is 0 Å². The van der Waals surface area contributed by atoms with Gasteiger partial charge in [0, 0.05) is 0 Å². The van der Waals surface area contributed by atoms with Crippen molar-refractivity contribution in [2.45, 2.75) is 52.9 Å². The molecule has 0 N–H and O–H groups in total. The van der Waals surface area contributed by atoms with Gasteiger partial charge < -0.3 is 0 Å². The Morgan fingerprint density at radius 1 is 1.27 bits per heavy atom. The molecule has 0 nitrogen and oxygen atoms in total. The standard InChI is InChI=1S/C9H16.C2H6/c1-2-3-4-5-6-9-7-8-9;1-2/h5-6,9H,2-4,7-8H2,1H3;1-2H3/b6-5-;. The minimum Gasteiger partial charge on any atom is -0.0883 e. The third-order valence-corrected chi connectivity index (χ3v) is 1.75. The fourth-order valence-corrected chi connectivity index (χ4v) is 0.899. The van der Waals surface area contributed by atoms with Crippen LogP contribution in [0, 0.1) is 5.92 Å². The molecule has 1 saturated carbocycles. The summed E-state index contributed by atoms with van der Waals surface area (Å²) in [6.07, 6.45) is 11.6. The Morgan fingerprint density at radius 2 is 1.91 bits per heavy atom. The summed E-state index contributed by atoms with van der Waals surface area (Å²) in [5.41, 5.74) is 0. The number of unbranched alkanes of at least 4 members (excludes halogenated alkanes) is 2. The van der Waals surface area contributed by atoms with E-state index in [1.54, 1.807) is 0 Å². The maximum absolute atomic E-state index is 2.38. The van der Waals surface area contributed by atoms with E-state index in [9.17, 15) is 0 Å². The van der Waals surface area contributed by atoms with Crippen molar-refractivity contribution in [3.8, 4) is 0 Å². The summed E-state index contributed by atoms with van der Waals surface area (Å²) < 4.78 is 0. The average molecular weight is 154 g/mol. The lowest BCUT2D eigenvalue weighted by atomic mass is 10.2. The van der Waals surface area contributed by atoms with E-state index in [4.69, 9.17) is 0 Å². The molecule has 1 rings (SSSR count). The van der Waals surface area contributed by atoms with Crippen LogP contribution in [0.25, 0.3) is 0 Å². The Bertz CT molecular complexity index is 88.2. The first-order valence-corrected chi connectivity index (χ1v) is 5.10. The molecule has 1 aliphatic carbocycles. The molecule has 0 heteroatoms. The van der Waals surface area contributed by atoms with Crippen LogP contribution in [-0.4, -0.2) is 0 Å². The summed E-state index contributed by atoms with van der Waals surface area (Å²) in [7, 11) is 0. The predicted molar refractivity (Wildman–Crippen MR) is 52.7 cm³/mol. The lowest BCUT2D eigenvalue weighted by Crippen LogP contribution is -1.67. The highest BCUT2D eigenvalue weighted by molar-refractivity contribution is 4.95. The van der Waals surface area contributed by atoms with E-state index in [1.807, 2.05) is 13.8 Å². The fourth-order valence-electron chi connectivity index (χ4n) is 0.899. The minimum absolute atomic E-state index is 0.974. The molecule has 0 aromatic rings. The maximum Gasteiger partial charge on any atom is -0.0233 e. The minimum atomic E-state index is 0.974. The number of allylic oxidation sites excluding steroid dienone is 2. The highest BCUT2D eigenvalue weighted by Gasteiger charge is 2.16. The van der Waals surface area contributed by atoms with E-state index in [1.165, 1.54) is 32.1 Å². The first-order valence-electron chi connectivity index (χ1n) is 5.10. The van der Waals surface area contributed by atoms with Gasteiger partial charge in [-0.3, -0.25) is 0 Å². The van der Waals surface area contributed by atoms with Gasteiger partial charge in [0.2, 0.25) is 0 Å². The summed E-state index contributed by atoms with van der Waals surface area (Å²) in [4.78, 5) is 0. The van der Waals surface area contributed by atoms with E-state index in [-0.39, 0.29) is 0 Å². The van der Waals surface area contributed by atoms with Gasteiger partial charge in [0.15, 0.2) is 0 Å². The molecule has 11 heavy (non-hydrogen) atoms. The molecule has 0 spiro atoms. The molecule has 0 aliphatic heterocycles. The molecule has 0 unspecified atom stereocenters. The van der Waals surface area contributed by atoms with Gasteiger partial charge in [-0.05, 0) is 25.2 Å². The van der Waals surface area contributed by atoms with Crippen molar-refractivity contribution >= 4 is 0 Å². The molecule has 0 heterocycles. The van der Waals surface area contributed by atoms with E-state index in [0.717, 1.165) is 5.92 Å². The Hall–Kier alpha value is -0.260. The van der Waals surface area contributed by atoms with Gasteiger partial charge >= 0.3 is 0 Å². The largest absolute Gasteiger partial charge is 0.0883 e. The lowest BCUT2D eigenvalue weighted by molar-refractivity contribution is 0.811. The van der Waals surface area contributed by atoms with Gasteiger partial charge in [0.05, 0.1) is 0 Å². The fraction of sp³-hybridized carbons (Fsp3) is 0.818. The van der Waals surface area contributed by atoms with Crippen LogP contribution in [0.4, 0.5) is 0 Å². The Labute approximate surface area is 71.7 Å². The Balaban J connectivity index is 0.000000461. The highest BCUT2D eigenvalue weighted by atomic mass is 14.2. The highest BCUT2D eigenvalue weighted by Crippen LogP contribution is 2.30. The molecule has 0 saturated heterocycles. The van der Waals surface area contributed by atoms with Gasteiger partial charge in [0.1, 0.15) is 0 Å². The Morgan fingerprint density at radius 3 is 2.36 bits per heavy atom. The van der Waals surface area contributed by atoms with Crippen LogP contribution in [0.15, 0.2) is 12.2 Å². The normalized spacial score (nSPS) is 16.3. The topological polar surface area (TPSA) is 0 Å². The maximum atomic E-state index is 2.38. The van der Waals surface area contributed by atoms with Crippen molar-refractivity contribution in [2.24, 2.45) is 5.92 Å². The van der Waals surface area contributed by atoms with Crippen LogP contribution < -0.4 is 0 Å². The zero-order valence-corrected chi connectivity index (χ0v) is 8.27. The van der Waals surface area contributed by atoms with Crippen LogP contribution in [0.1, 0.15) is 52.9 Å². The molecule has 0 radical (unpaired) electrons. The van der Waals surface area contributed by atoms with Crippen molar-refractivity contribution < 1.29 is 0 Å². The van der Waals surface area contributed by atoms with Crippen LogP contribution in [0.2, 0.25) is 0 Å². The van der Waals surface area contributed by atoms with Crippen molar-refractivity contribution in [1.29, 1.82) is 0 Å². The molecule has 1 aliphatic rings. The molecule has 0 aromatic carbocycles. The van der Waals surface area contributed by atoms with Gasteiger partial charge in [-0.2, -0.15) is 0 Å². The summed E-state index contributed by atoms with van der Waals surface area (Å²) in [6.45, 7) is 6.24. The first-order chi connectivity index (χ1) is 5.43. The first kappa shape index (κ1) is 10.7. The van der Waals surface area contributed by atoms with Gasteiger partial charge in [-0.1, -0.05) is 45.8 Å². The lowest BCUT2D eigenvalue weighted by Gasteiger charge is -1.86. The van der Waals surface area contributed by atoms with E-state index in [0.29, 0.717) is 0 Å². The molecule has 0 amide bonds. The zero-order valence-electron chi connectivity index (χ0n) is 8.27. The number of hydrogen-bond donors (Lipinski definition) is 0. The molecule has 1 fully saturated rings. The SMILES string of the molecule is CC.CCCC/C=C\C1CC1.